The first-order chi connectivity index (χ1) is 5.63. The fourth-order valence-electron chi connectivity index (χ4n) is 0.478. The number of ketones is 2. The fourth-order valence-corrected chi connectivity index (χ4v) is 0.478. The average Bonchev–Trinajstić information content (AvgIpc) is 2.04. The van der Waals surface area contributed by atoms with E-state index in [-0.39, 0.29) is 0 Å². The molecule has 0 saturated carbocycles. The minimum Gasteiger partial charge on any atom is -0.361 e. The van der Waals surface area contributed by atoms with Gasteiger partial charge in [-0.1, -0.05) is 0 Å². The predicted octanol–water partition coefficient (Wildman–Crippen LogP) is -0.638. The number of carbonyl (C=O) groups excluding carboxylic acids is 2. The number of nitrogens with zero attached hydrogens (tertiary/aromatic N) is 4. The van der Waals surface area contributed by atoms with E-state index in [1.165, 1.54) is 6.92 Å². The van der Waals surface area contributed by atoms with Gasteiger partial charge < -0.3 is 11.1 Å². The maximum absolute atomic E-state index is 10.8. The summed E-state index contributed by atoms with van der Waals surface area (Å²) in [4.78, 5) is 26.5. The van der Waals surface area contributed by atoms with Gasteiger partial charge >= 0.3 is 12.4 Å². The van der Waals surface area contributed by atoms with Crippen LogP contribution in [0.2, 0.25) is 0 Å². The molecule has 0 aromatic carbocycles. The van der Waals surface area contributed by atoms with Crippen LogP contribution in [0.3, 0.4) is 0 Å². The van der Waals surface area contributed by atoms with Gasteiger partial charge in [0.1, 0.15) is 0 Å². The second-order valence-corrected chi connectivity index (χ2v) is 2.02. The Balaban J connectivity index is 4.48. The Kier molecular flexibility index (Phi) is 4.08. The van der Waals surface area contributed by atoms with Gasteiger partial charge in [0.25, 0.3) is 0 Å². The van der Waals surface area contributed by atoms with Crippen molar-refractivity contribution < 1.29 is 19.2 Å². The molecular formula is C6H6N4O2. The molecule has 0 N–H and O–H groups in total. The van der Waals surface area contributed by atoms with Gasteiger partial charge in [-0.2, -0.15) is 9.58 Å². The van der Waals surface area contributed by atoms with Crippen LogP contribution in [-0.4, -0.2) is 33.6 Å². The summed E-state index contributed by atoms with van der Waals surface area (Å²) < 4.78 is 0. The molecule has 12 heavy (non-hydrogen) atoms. The molecule has 0 unspecified atom stereocenters. The normalized spacial score (nSPS) is 10.4. The maximum Gasteiger partial charge on any atom is 0.323 e. The molecule has 0 rings (SSSR count). The van der Waals surface area contributed by atoms with Gasteiger partial charge in [-0.3, -0.25) is 9.59 Å². The molecule has 0 saturated heterocycles. The summed E-state index contributed by atoms with van der Waals surface area (Å²) in [6, 6.07) is 0. The van der Waals surface area contributed by atoms with Gasteiger partial charge in [-0.05, 0) is 6.92 Å². The summed E-state index contributed by atoms with van der Waals surface area (Å²) in [5, 5.41) is 0. The molecule has 0 fully saturated rings. The van der Waals surface area contributed by atoms with Crippen molar-refractivity contribution in [1.82, 2.24) is 0 Å². The van der Waals surface area contributed by atoms with E-state index >= 15 is 0 Å². The monoisotopic (exact) mass is 166 g/mol. The van der Waals surface area contributed by atoms with Gasteiger partial charge in [0.05, 0.1) is 5.92 Å². The zero-order valence-corrected chi connectivity index (χ0v) is 6.34. The van der Waals surface area contributed by atoms with E-state index in [0.29, 0.717) is 12.4 Å². The molecule has 0 aliphatic carbocycles. The van der Waals surface area contributed by atoms with Crippen molar-refractivity contribution >= 4 is 24.0 Å². The van der Waals surface area contributed by atoms with Gasteiger partial charge in [-0.15, -0.1) is 0 Å². The molecular weight excluding hydrogens is 160 g/mol. The Morgan fingerprint density at radius 2 is 1.50 bits per heavy atom. The summed E-state index contributed by atoms with van der Waals surface area (Å²) in [6.45, 7) is 1.31. The lowest BCUT2D eigenvalue weighted by atomic mass is 10.0. The second-order valence-electron chi connectivity index (χ2n) is 2.02. The average molecular weight is 166 g/mol. The quantitative estimate of drug-likeness (QED) is 0.240. The predicted molar refractivity (Wildman–Crippen MR) is 38.5 cm³/mol. The van der Waals surface area contributed by atoms with Gasteiger partial charge in [0.2, 0.25) is 11.6 Å². The van der Waals surface area contributed by atoms with Crippen molar-refractivity contribution in [2.75, 3.05) is 0 Å². The summed E-state index contributed by atoms with van der Waals surface area (Å²) in [5.41, 5.74) is 15.9. The molecule has 6 nitrogen and oxygen atoms in total. The van der Waals surface area contributed by atoms with Crippen LogP contribution in [0.15, 0.2) is 0 Å². The van der Waals surface area contributed by atoms with Crippen LogP contribution < -0.4 is 0 Å². The first-order valence-electron chi connectivity index (χ1n) is 3.06. The summed E-state index contributed by atoms with van der Waals surface area (Å²) in [5.74, 6) is -2.29. The standard InChI is InChI=1S/C6H6N4O2/c1-4(5(11)2-9-7)6(12)3-10-8/h2-4H,1H3. The van der Waals surface area contributed by atoms with E-state index in [9.17, 15) is 9.59 Å². The highest BCUT2D eigenvalue weighted by Crippen LogP contribution is 1.94. The minimum atomic E-state index is -0.989. The fraction of sp³-hybridized carbons (Fsp3) is 0.333. The minimum absolute atomic E-state index is 0.619. The summed E-state index contributed by atoms with van der Waals surface area (Å²) >= 11 is 0. The Morgan fingerprint density at radius 3 is 1.75 bits per heavy atom. The lowest BCUT2D eigenvalue weighted by molar-refractivity contribution is -0.128. The third-order valence-corrected chi connectivity index (χ3v) is 1.22. The van der Waals surface area contributed by atoms with Crippen LogP contribution in [0.5, 0.6) is 0 Å². The molecule has 6 heteroatoms. The van der Waals surface area contributed by atoms with Crippen molar-refractivity contribution in [3.63, 3.8) is 0 Å². The van der Waals surface area contributed by atoms with Crippen LogP contribution >= 0.6 is 0 Å². The molecule has 0 bridgehead atoms. The molecule has 0 aliphatic rings. The Hall–Kier alpha value is -1.90. The first-order valence-corrected chi connectivity index (χ1v) is 3.06. The van der Waals surface area contributed by atoms with E-state index in [0.717, 1.165) is 0 Å². The van der Waals surface area contributed by atoms with E-state index in [1.54, 1.807) is 0 Å². The number of hydrogen-bond acceptors (Lipinski definition) is 2. The lowest BCUT2D eigenvalue weighted by Gasteiger charge is -1.92. The van der Waals surface area contributed by atoms with Crippen LogP contribution in [0.4, 0.5) is 0 Å². The molecule has 0 amide bonds. The van der Waals surface area contributed by atoms with Crippen LogP contribution in [0.1, 0.15) is 6.92 Å². The molecule has 0 aliphatic heterocycles. The first kappa shape index (κ1) is 10.1. The van der Waals surface area contributed by atoms with Crippen molar-refractivity contribution in [2.45, 2.75) is 6.92 Å². The molecule has 0 aromatic rings. The zero-order chi connectivity index (χ0) is 9.56. The molecule has 0 spiro atoms. The molecule has 0 heterocycles. The van der Waals surface area contributed by atoms with Gasteiger partial charge in [0, 0.05) is 0 Å². The van der Waals surface area contributed by atoms with Crippen LogP contribution in [0, 0.1) is 5.92 Å². The highest BCUT2D eigenvalue weighted by Gasteiger charge is 2.23. The smallest absolute Gasteiger partial charge is 0.323 e. The van der Waals surface area contributed by atoms with Crippen molar-refractivity contribution in [3.05, 3.63) is 11.1 Å². The Labute approximate surface area is 68.1 Å². The summed E-state index contributed by atoms with van der Waals surface area (Å²) in [6.07, 6.45) is 1.24. The second kappa shape index (κ2) is 4.85. The lowest BCUT2D eigenvalue weighted by Crippen LogP contribution is -2.23. The van der Waals surface area contributed by atoms with E-state index in [2.05, 4.69) is 9.58 Å². The molecule has 0 atom stereocenters. The number of rotatable bonds is 4. The largest absolute Gasteiger partial charge is 0.361 e. The van der Waals surface area contributed by atoms with Crippen molar-refractivity contribution in [2.24, 2.45) is 5.92 Å². The number of carbonyl (C=O) groups is 2. The Morgan fingerprint density at radius 1 is 1.17 bits per heavy atom. The molecule has 0 aromatic heterocycles. The Bertz CT molecular complexity index is 267. The van der Waals surface area contributed by atoms with E-state index in [1.807, 2.05) is 0 Å². The SMILES string of the molecule is CC(C(=O)C=[N+]=[N-])C(=O)C=[N+]=[N-]. The third kappa shape index (κ3) is 2.79. The highest BCUT2D eigenvalue weighted by atomic mass is 16.1. The maximum atomic E-state index is 10.8. The van der Waals surface area contributed by atoms with Crippen LogP contribution in [0.25, 0.3) is 11.1 Å². The zero-order valence-electron chi connectivity index (χ0n) is 6.34. The number of Topliss-reactive ketones (excluding diaryl/α,β-unsaturated/α-hetero) is 2. The molecule has 0 radical (unpaired) electrons. The highest BCUT2D eigenvalue weighted by molar-refractivity contribution is 6.40. The van der Waals surface area contributed by atoms with E-state index < -0.39 is 17.5 Å². The third-order valence-electron chi connectivity index (χ3n) is 1.22. The summed E-state index contributed by atoms with van der Waals surface area (Å²) in [7, 11) is 0. The van der Waals surface area contributed by atoms with Gasteiger partial charge in [0.15, 0.2) is 0 Å². The topological polar surface area (TPSA) is 107 Å². The van der Waals surface area contributed by atoms with Crippen LogP contribution in [-0.2, 0) is 9.59 Å². The van der Waals surface area contributed by atoms with Crippen molar-refractivity contribution in [3.8, 4) is 0 Å². The number of hydrogen-bond donors (Lipinski definition) is 0. The van der Waals surface area contributed by atoms with Crippen molar-refractivity contribution in [1.29, 1.82) is 0 Å². The van der Waals surface area contributed by atoms with Gasteiger partial charge in [-0.25, -0.2) is 0 Å². The van der Waals surface area contributed by atoms with E-state index in [4.69, 9.17) is 11.1 Å². The molecule has 62 valence electrons.